The zero-order valence-electron chi connectivity index (χ0n) is 12.5. The average Bonchev–Trinajstić information content (AvgIpc) is 2.87. The quantitative estimate of drug-likeness (QED) is 0.616. The Bertz CT molecular complexity index is 624. The van der Waals surface area contributed by atoms with E-state index < -0.39 is 0 Å². The summed E-state index contributed by atoms with van der Waals surface area (Å²) in [4.78, 5) is 16.3. The third-order valence-electron chi connectivity index (χ3n) is 3.13. The highest BCUT2D eigenvalue weighted by atomic mass is 16.5. The summed E-state index contributed by atoms with van der Waals surface area (Å²) >= 11 is 0. The summed E-state index contributed by atoms with van der Waals surface area (Å²) in [5, 5.41) is 7.37. The predicted molar refractivity (Wildman–Crippen MR) is 78.7 cm³/mol. The van der Waals surface area contributed by atoms with Gasteiger partial charge in [-0.15, -0.1) is 0 Å². The van der Waals surface area contributed by atoms with E-state index in [1.165, 1.54) is 6.33 Å². The first kappa shape index (κ1) is 15.2. The molecule has 0 atom stereocenters. The van der Waals surface area contributed by atoms with Crippen LogP contribution in [0.3, 0.4) is 0 Å². The number of rotatable bonds is 7. The predicted octanol–water partition coefficient (Wildman–Crippen LogP) is 1.53. The molecule has 0 saturated heterocycles. The van der Waals surface area contributed by atoms with Gasteiger partial charge in [-0.2, -0.15) is 5.10 Å². The van der Waals surface area contributed by atoms with Crippen LogP contribution >= 0.6 is 0 Å². The van der Waals surface area contributed by atoms with Crippen LogP contribution in [-0.4, -0.2) is 47.4 Å². The molecule has 7 heteroatoms. The van der Waals surface area contributed by atoms with Gasteiger partial charge >= 0.3 is 5.97 Å². The van der Waals surface area contributed by atoms with Gasteiger partial charge in [-0.25, -0.2) is 14.3 Å². The van der Waals surface area contributed by atoms with E-state index in [-0.39, 0.29) is 5.97 Å². The molecule has 0 aliphatic rings. The van der Waals surface area contributed by atoms with Crippen LogP contribution < -0.4 is 5.32 Å². The first-order valence-corrected chi connectivity index (χ1v) is 6.98. The number of hydrogen-bond acceptors (Lipinski definition) is 6. The fourth-order valence-corrected chi connectivity index (χ4v) is 2.22. The number of ether oxygens (including phenoxy) is 2. The van der Waals surface area contributed by atoms with Gasteiger partial charge in [-0.05, 0) is 18.9 Å². The second-order valence-electron chi connectivity index (χ2n) is 4.42. The van der Waals surface area contributed by atoms with Crippen molar-refractivity contribution in [2.45, 2.75) is 20.3 Å². The van der Waals surface area contributed by atoms with Crippen molar-refractivity contribution in [3.63, 3.8) is 0 Å². The molecule has 0 radical (unpaired) electrons. The number of methoxy groups -OCH3 is 1. The largest absolute Gasteiger partial charge is 0.462 e. The molecule has 0 bridgehead atoms. The minimum atomic E-state index is -0.331. The molecule has 0 aromatic carbocycles. The molecule has 0 spiro atoms. The molecule has 0 fully saturated rings. The second kappa shape index (κ2) is 7.03. The van der Waals surface area contributed by atoms with Gasteiger partial charge in [0.25, 0.3) is 0 Å². The molecule has 0 unspecified atom stereocenters. The smallest absolute Gasteiger partial charge is 0.340 e. The Morgan fingerprint density at radius 3 is 2.90 bits per heavy atom. The number of fused-ring (bicyclic) bond motifs is 1. The highest BCUT2D eigenvalue weighted by Gasteiger charge is 2.20. The number of aromatic nitrogens is 3. The number of carbonyl (C=O) groups is 1. The summed E-state index contributed by atoms with van der Waals surface area (Å²) in [6.45, 7) is 5.33. The normalized spacial score (nSPS) is 10.8. The molecular formula is C14H20N4O3. The van der Waals surface area contributed by atoms with Crippen molar-refractivity contribution in [3.05, 3.63) is 23.7 Å². The van der Waals surface area contributed by atoms with Crippen molar-refractivity contribution in [2.24, 2.45) is 0 Å². The molecule has 2 heterocycles. The molecule has 1 N–H and O–H groups in total. The summed E-state index contributed by atoms with van der Waals surface area (Å²) < 4.78 is 11.8. The van der Waals surface area contributed by atoms with E-state index in [9.17, 15) is 4.79 Å². The van der Waals surface area contributed by atoms with E-state index in [1.807, 2.05) is 6.92 Å². The van der Waals surface area contributed by atoms with Gasteiger partial charge in [-0.1, -0.05) is 6.92 Å². The van der Waals surface area contributed by atoms with Gasteiger partial charge in [-0.3, -0.25) is 0 Å². The van der Waals surface area contributed by atoms with Crippen LogP contribution in [0.5, 0.6) is 0 Å². The minimum absolute atomic E-state index is 0.331. The highest BCUT2D eigenvalue weighted by Crippen LogP contribution is 2.24. The van der Waals surface area contributed by atoms with Crippen LogP contribution in [0, 0.1) is 0 Å². The van der Waals surface area contributed by atoms with Gasteiger partial charge in [0, 0.05) is 19.9 Å². The first-order chi connectivity index (χ1) is 10.2. The van der Waals surface area contributed by atoms with E-state index in [0.717, 1.165) is 11.1 Å². The average molecular weight is 292 g/mol. The van der Waals surface area contributed by atoms with Gasteiger partial charge in [0.15, 0.2) is 5.82 Å². The third kappa shape index (κ3) is 3.13. The van der Waals surface area contributed by atoms with Gasteiger partial charge in [0.2, 0.25) is 0 Å². The molecular weight excluding hydrogens is 272 g/mol. The topological polar surface area (TPSA) is 77.8 Å². The number of hydrogen-bond donors (Lipinski definition) is 1. The molecule has 2 aromatic heterocycles. The molecule has 0 aliphatic heterocycles. The molecule has 2 rings (SSSR count). The van der Waals surface area contributed by atoms with Crippen molar-refractivity contribution in [2.75, 3.05) is 32.2 Å². The summed E-state index contributed by atoms with van der Waals surface area (Å²) in [6.07, 6.45) is 3.84. The maximum absolute atomic E-state index is 12.0. The number of nitrogens with zero attached hydrogens (tertiary/aromatic N) is 3. The van der Waals surface area contributed by atoms with Crippen LogP contribution in [-0.2, 0) is 15.9 Å². The lowest BCUT2D eigenvalue weighted by molar-refractivity contribution is 0.0525. The Labute approximate surface area is 123 Å². The Hall–Kier alpha value is -2.15. The van der Waals surface area contributed by atoms with E-state index in [1.54, 1.807) is 24.7 Å². The van der Waals surface area contributed by atoms with Crippen molar-refractivity contribution in [3.8, 4) is 0 Å². The van der Waals surface area contributed by atoms with Crippen molar-refractivity contribution >= 4 is 17.3 Å². The summed E-state index contributed by atoms with van der Waals surface area (Å²) in [5.74, 6) is 0.358. The number of nitrogens with one attached hydrogen (secondary N) is 1. The SMILES string of the molecule is CCOC(=O)c1cn2ncnc(NCCOC)c2c1CC. The van der Waals surface area contributed by atoms with Crippen LogP contribution in [0.15, 0.2) is 12.5 Å². The van der Waals surface area contributed by atoms with Gasteiger partial charge in [0.05, 0.1) is 18.8 Å². The summed E-state index contributed by atoms with van der Waals surface area (Å²) in [7, 11) is 1.64. The van der Waals surface area contributed by atoms with Crippen LogP contribution in [0.2, 0.25) is 0 Å². The fraction of sp³-hybridized carbons (Fsp3) is 0.500. The van der Waals surface area contributed by atoms with E-state index in [2.05, 4.69) is 15.4 Å². The van der Waals surface area contributed by atoms with E-state index >= 15 is 0 Å². The Kier molecular flexibility index (Phi) is 5.10. The number of carbonyl (C=O) groups excluding carboxylic acids is 1. The zero-order valence-corrected chi connectivity index (χ0v) is 12.5. The lowest BCUT2D eigenvalue weighted by Gasteiger charge is -2.08. The maximum atomic E-state index is 12.0. The molecule has 0 aliphatic carbocycles. The second-order valence-corrected chi connectivity index (χ2v) is 4.42. The van der Waals surface area contributed by atoms with E-state index in [4.69, 9.17) is 9.47 Å². The Morgan fingerprint density at radius 2 is 2.24 bits per heavy atom. The molecule has 7 nitrogen and oxygen atoms in total. The standard InChI is InChI=1S/C14H20N4O3/c1-4-10-11(14(19)21-5-2)8-18-12(10)13(16-9-17-18)15-6-7-20-3/h8-9H,4-7H2,1-3H3,(H,15,16,17). The number of esters is 1. The summed E-state index contributed by atoms with van der Waals surface area (Å²) in [6, 6.07) is 0. The molecule has 0 saturated carbocycles. The monoisotopic (exact) mass is 292 g/mol. The van der Waals surface area contributed by atoms with Crippen LogP contribution in [0.25, 0.3) is 5.52 Å². The van der Waals surface area contributed by atoms with Crippen LogP contribution in [0.4, 0.5) is 5.82 Å². The van der Waals surface area contributed by atoms with Crippen LogP contribution in [0.1, 0.15) is 29.8 Å². The van der Waals surface area contributed by atoms with Gasteiger partial charge in [0.1, 0.15) is 11.8 Å². The lowest BCUT2D eigenvalue weighted by Crippen LogP contribution is -2.11. The Morgan fingerprint density at radius 1 is 1.43 bits per heavy atom. The number of anilines is 1. The molecule has 2 aromatic rings. The van der Waals surface area contributed by atoms with Crippen molar-refractivity contribution in [1.82, 2.24) is 14.6 Å². The maximum Gasteiger partial charge on any atom is 0.340 e. The third-order valence-corrected chi connectivity index (χ3v) is 3.13. The number of aryl methyl sites for hydroxylation is 1. The molecule has 21 heavy (non-hydrogen) atoms. The first-order valence-electron chi connectivity index (χ1n) is 6.98. The zero-order chi connectivity index (χ0) is 15.2. The van der Waals surface area contributed by atoms with Gasteiger partial charge < -0.3 is 14.8 Å². The Balaban J connectivity index is 2.45. The van der Waals surface area contributed by atoms with Crippen molar-refractivity contribution in [1.29, 1.82) is 0 Å². The lowest BCUT2D eigenvalue weighted by atomic mass is 10.1. The van der Waals surface area contributed by atoms with Crippen molar-refractivity contribution < 1.29 is 14.3 Å². The summed E-state index contributed by atoms with van der Waals surface area (Å²) in [5.41, 5.74) is 2.22. The van der Waals surface area contributed by atoms with E-state index in [0.29, 0.717) is 37.6 Å². The molecule has 0 amide bonds. The molecule has 114 valence electrons. The highest BCUT2D eigenvalue weighted by molar-refractivity contribution is 5.95. The fourth-order valence-electron chi connectivity index (χ4n) is 2.22. The minimum Gasteiger partial charge on any atom is -0.462 e.